The zero-order valence-corrected chi connectivity index (χ0v) is 13.4. The van der Waals surface area contributed by atoms with Crippen LogP contribution in [0.25, 0.3) is 10.9 Å². The van der Waals surface area contributed by atoms with Gasteiger partial charge in [-0.1, -0.05) is 12.1 Å². The predicted octanol–water partition coefficient (Wildman–Crippen LogP) is 3.14. The lowest BCUT2D eigenvalue weighted by Crippen LogP contribution is -2.40. The first-order valence-electron chi connectivity index (χ1n) is 7.43. The summed E-state index contributed by atoms with van der Waals surface area (Å²) < 4.78 is 39.2. The van der Waals surface area contributed by atoms with Crippen LogP contribution >= 0.6 is 0 Å². The van der Waals surface area contributed by atoms with Crippen molar-refractivity contribution >= 4 is 22.6 Å². The number of hydrazine groups is 1. The number of halogens is 3. The van der Waals surface area contributed by atoms with Crippen LogP contribution < -0.4 is 10.4 Å². The van der Waals surface area contributed by atoms with Crippen LogP contribution in [0, 0.1) is 0 Å². The van der Waals surface area contributed by atoms with Crippen molar-refractivity contribution in [2.45, 2.75) is 6.18 Å². The van der Waals surface area contributed by atoms with Crippen LogP contribution in [0.2, 0.25) is 0 Å². The maximum atomic E-state index is 13.1. The number of rotatable bonds is 3. The minimum atomic E-state index is -4.72. The second kappa shape index (κ2) is 6.51. The number of amides is 1. The highest BCUT2D eigenvalue weighted by Crippen LogP contribution is 2.31. The predicted molar refractivity (Wildman–Crippen MR) is 88.5 cm³/mol. The number of hydrogen-bond donors (Lipinski definition) is 2. The summed E-state index contributed by atoms with van der Waals surface area (Å²) in [6.45, 7) is 0. The van der Waals surface area contributed by atoms with Crippen LogP contribution in [0.4, 0.5) is 19.0 Å². The molecule has 0 saturated heterocycles. The van der Waals surface area contributed by atoms with Crippen molar-refractivity contribution < 1.29 is 23.1 Å². The molecular formula is C17H13F3N4O2. The average Bonchev–Trinajstić information content (AvgIpc) is 2.60. The van der Waals surface area contributed by atoms with Crippen molar-refractivity contribution in [2.24, 2.45) is 0 Å². The number of carbonyl (C=O) groups is 1. The number of aromatic hydroxyl groups is 1. The minimum Gasteiger partial charge on any atom is -0.508 e. The molecule has 0 fully saturated rings. The Labute approximate surface area is 145 Å². The van der Waals surface area contributed by atoms with Gasteiger partial charge in [0, 0.05) is 18.0 Å². The first-order valence-corrected chi connectivity index (χ1v) is 7.43. The molecule has 1 aromatic heterocycles. The van der Waals surface area contributed by atoms with E-state index in [9.17, 15) is 23.1 Å². The number of fused-ring (bicyclic) bond motifs is 1. The highest BCUT2D eigenvalue weighted by Gasteiger charge is 2.36. The van der Waals surface area contributed by atoms with E-state index in [2.05, 4.69) is 15.4 Å². The molecule has 134 valence electrons. The zero-order valence-electron chi connectivity index (χ0n) is 13.4. The molecule has 26 heavy (non-hydrogen) atoms. The van der Waals surface area contributed by atoms with Crippen LogP contribution in [0.1, 0.15) is 16.2 Å². The van der Waals surface area contributed by atoms with E-state index in [0.717, 1.165) is 5.01 Å². The van der Waals surface area contributed by atoms with Gasteiger partial charge >= 0.3 is 6.18 Å². The lowest BCUT2D eigenvalue weighted by molar-refractivity contribution is -0.144. The van der Waals surface area contributed by atoms with Crippen molar-refractivity contribution in [2.75, 3.05) is 12.1 Å². The van der Waals surface area contributed by atoms with Gasteiger partial charge in [0.05, 0.1) is 5.52 Å². The first-order chi connectivity index (χ1) is 12.3. The van der Waals surface area contributed by atoms with Crippen molar-refractivity contribution in [3.8, 4) is 5.75 Å². The fourth-order valence-corrected chi connectivity index (χ4v) is 2.32. The van der Waals surface area contributed by atoms with Gasteiger partial charge in [-0.25, -0.2) is 9.97 Å². The van der Waals surface area contributed by atoms with Gasteiger partial charge < -0.3 is 5.11 Å². The van der Waals surface area contributed by atoms with E-state index in [1.165, 1.54) is 37.4 Å². The van der Waals surface area contributed by atoms with Crippen LogP contribution in [0.3, 0.4) is 0 Å². The molecule has 0 atom stereocenters. The molecule has 2 N–H and O–H groups in total. The highest BCUT2D eigenvalue weighted by molar-refractivity contribution is 5.96. The summed E-state index contributed by atoms with van der Waals surface area (Å²) in [5, 5.41) is 10.7. The van der Waals surface area contributed by atoms with Crippen molar-refractivity contribution in [3.05, 3.63) is 59.9 Å². The topological polar surface area (TPSA) is 78.4 Å². The minimum absolute atomic E-state index is 0.00785. The second-order valence-corrected chi connectivity index (χ2v) is 5.43. The number of nitrogens with one attached hydrogen (secondary N) is 1. The Morgan fingerprint density at radius 2 is 1.73 bits per heavy atom. The normalized spacial score (nSPS) is 11.4. The molecule has 9 heteroatoms. The third-order valence-corrected chi connectivity index (χ3v) is 3.55. The van der Waals surface area contributed by atoms with E-state index in [0.29, 0.717) is 5.39 Å². The number of benzene rings is 2. The molecule has 6 nitrogen and oxygen atoms in total. The van der Waals surface area contributed by atoms with Crippen LogP contribution in [0.15, 0.2) is 48.5 Å². The number of alkyl halides is 3. The summed E-state index contributed by atoms with van der Waals surface area (Å²) >= 11 is 0. The zero-order chi connectivity index (χ0) is 18.9. The van der Waals surface area contributed by atoms with Gasteiger partial charge in [-0.3, -0.25) is 15.2 Å². The number of phenols is 1. The van der Waals surface area contributed by atoms with Gasteiger partial charge in [-0.05, 0) is 36.4 Å². The van der Waals surface area contributed by atoms with Gasteiger partial charge in [0.25, 0.3) is 5.91 Å². The number of nitrogens with zero attached hydrogens (tertiary/aromatic N) is 3. The number of hydrogen-bond acceptors (Lipinski definition) is 5. The van der Waals surface area contributed by atoms with E-state index < -0.39 is 17.9 Å². The molecule has 0 saturated carbocycles. The standard InChI is InChI=1S/C17H13F3N4O2/c1-24(23-15(26)10-6-8-11(25)9-7-10)14-12-4-2-3-5-13(12)21-16(22-14)17(18,19)20/h2-9,25H,1H3,(H,23,26). The molecule has 0 aliphatic rings. The molecule has 1 amide bonds. The smallest absolute Gasteiger partial charge is 0.451 e. The summed E-state index contributed by atoms with van der Waals surface area (Å²) in [6, 6.07) is 11.6. The fourth-order valence-electron chi connectivity index (χ4n) is 2.32. The van der Waals surface area contributed by atoms with Gasteiger partial charge in [-0.15, -0.1) is 0 Å². The Kier molecular flexibility index (Phi) is 4.37. The van der Waals surface area contributed by atoms with E-state index in [-0.39, 0.29) is 22.6 Å². The highest BCUT2D eigenvalue weighted by atomic mass is 19.4. The summed E-state index contributed by atoms with van der Waals surface area (Å²) in [7, 11) is 1.38. The van der Waals surface area contributed by atoms with Gasteiger partial charge in [0.1, 0.15) is 5.75 Å². The van der Waals surface area contributed by atoms with E-state index in [1.54, 1.807) is 18.2 Å². The maximum Gasteiger partial charge on any atom is 0.451 e. The van der Waals surface area contributed by atoms with E-state index in [4.69, 9.17) is 0 Å². The molecule has 0 spiro atoms. The van der Waals surface area contributed by atoms with Gasteiger partial charge in [0.15, 0.2) is 5.82 Å². The summed E-state index contributed by atoms with van der Waals surface area (Å²) in [5.74, 6) is -1.96. The number of phenolic OH excluding ortho intramolecular Hbond substituents is 1. The maximum absolute atomic E-state index is 13.1. The van der Waals surface area contributed by atoms with Crippen LogP contribution in [0.5, 0.6) is 5.75 Å². The molecule has 0 bridgehead atoms. The molecule has 1 heterocycles. The number of carbonyl (C=O) groups excluding carboxylic acids is 1. The Hall–Kier alpha value is -3.36. The number of aromatic nitrogens is 2. The molecule has 0 aliphatic carbocycles. The van der Waals surface area contributed by atoms with Gasteiger partial charge in [0.2, 0.25) is 5.82 Å². The fraction of sp³-hybridized carbons (Fsp3) is 0.118. The molecular weight excluding hydrogens is 349 g/mol. The van der Waals surface area contributed by atoms with E-state index in [1.807, 2.05) is 0 Å². The molecule has 3 rings (SSSR count). The molecule has 2 aromatic carbocycles. The number of para-hydroxylation sites is 1. The van der Waals surface area contributed by atoms with Crippen molar-refractivity contribution in [3.63, 3.8) is 0 Å². The van der Waals surface area contributed by atoms with E-state index >= 15 is 0 Å². The SMILES string of the molecule is CN(NC(=O)c1ccc(O)cc1)c1nc(C(F)(F)F)nc2ccccc12. The average molecular weight is 362 g/mol. The lowest BCUT2D eigenvalue weighted by Gasteiger charge is -2.21. The molecule has 3 aromatic rings. The van der Waals surface area contributed by atoms with Crippen LogP contribution in [-0.4, -0.2) is 28.0 Å². The largest absolute Gasteiger partial charge is 0.508 e. The Bertz CT molecular complexity index is 958. The second-order valence-electron chi connectivity index (χ2n) is 5.43. The Morgan fingerprint density at radius 1 is 1.08 bits per heavy atom. The van der Waals surface area contributed by atoms with Crippen molar-refractivity contribution in [1.82, 2.24) is 15.4 Å². The van der Waals surface area contributed by atoms with Crippen LogP contribution in [-0.2, 0) is 6.18 Å². The third-order valence-electron chi connectivity index (χ3n) is 3.55. The quantitative estimate of drug-likeness (QED) is 0.700. The summed E-state index contributed by atoms with van der Waals surface area (Å²) in [6.07, 6.45) is -4.72. The first kappa shape index (κ1) is 17.5. The Morgan fingerprint density at radius 3 is 2.38 bits per heavy atom. The summed E-state index contributed by atoms with van der Waals surface area (Å²) in [5.41, 5.74) is 2.79. The third kappa shape index (κ3) is 3.51. The lowest BCUT2D eigenvalue weighted by atomic mass is 10.2. The summed E-state index contributed by atoms with van der Waals surface area (Å²) in [4.78, 5) is 19.4. The van der Waals surface area contributed by atoms with Crippen molar-refractivity contribution in [1.29, 1.82) is 0 Å². The molecule has 0 radical (unpaired) electrons. The molecule has 0 unspecified atom stereocenters. The van der Waals surface area contributed by atoms with Gasteiger partial charge in [-0.2, -0.15) is 13.2 Å². The number of anilines is 1. The monoisotopic (exact) mass is 362 g/mol. The Balaban J connectivity index is 1.97. The molecule has 0 aliphatic heterocycles.